The lowest BCUT2D eigenvalue weighted by Gasteiger charge is -2.15. The zero-order valence-electron chi connectivity index (χ0n) is 27.5. The van der Waals surface area contributed by atoms with E-state index in [2.05, 4.69) is 105 Å². The minimum absolute atomic E-state index is 0.477. The molecular formula is C37H63NO. The molecule has 0 bridgehead atoms. The van der Waals surface area contributed by atoms with Crippen LogP contribution in [-0.2, 0) is 4.79 Å². The van der Waals surface area contributed by atoms with Crippen molar-refractivity contribution in [3.63, 3.8) is 0 Å². The average Bonchev–Trinajstić information content (AvgIpc) is 2.91. The first kappa shape index (κ1) is 43.3. The minimum Gasteiger partial charge on any atom is -0.323 e. The average molecular weight is 538 g/mol. The van der Waals surface area contributed by atoms with Crippen molar-refractivity contribution in [2.75, 3.05) is 14.1 Å². The lowest BCUT2D eigenvalue weighted by molar-refractivity contribution is -0.106. The number of nitrogens with one attached hydrogen (secondary N) is 1. The molecule has 0 saturated carbocycles. The maximum Gasteiger partial charge on any atom is 0.116 e. The van der Waals surface area contributed by atoms with Gasteiger partial charge in [0.15, 0.2) is 0 Å². The number of allylic oxidation sites excluding steroid dienone is 12. The van der Waals surface area contributed by atoms with Crippen molar-refractivity contribution in [3.8, 4) is 0 Å². The largest absolute Gasteiger partial charge is 0.323 e. The van der Waals surface area contributed by atoms with E-state index >= 15 is 0 Å². The van der Waals surface area contributed by atoms with Crippen LogP contribution in [0, 0.1) is 11.8 Å². The molecule has 0 aromatic heterocycles. The number of hydrogen-bond acceptors (Lipinski definition) is 2. The Bertz CT molecular complexity index is 829. The second kappa shape index (κ2) is 29.8. The van der Waals surface area contributed by atoms with Crippen LogP contribution in [0.2, 0.25) is 0 Å². The Hall–Kier alpha value is -2.71. The van der Waals surface area contributed by atoms with Crippen molar-refractivity contribution in [1.29, 1.82) is 0 Å². The molecule has 0 aromatic rings. The lowest BCUT2D eigenvalue weighted by atomic mass is 9.90. The van der Waals surface area contributed by atoms with Gasteiger partial charge in [0, 0.05) is 0 Å². The van der Waals surface area contributed by atoms with Crippen LogP contribution < -0.4 is 5.32 Å². The summed E-state index contributed by atoms with van der Waals surface area (Å²) in [6.45, 7) is 41.7. The molecule has 0 fully saturated rings. The van der Waals surface area contributed by atoms with Crippen molar-refractivity contribution in [3.05, 3.63) is 109 Å². The van der Waals surface area contributed by atoms with Crippen LogP contribution in [0.1, 0.15) is 93.9 Å². The van der Waals surface area contributed by atoms with Crippen molar-refractivity contribution >= 4 is 6.29 Å². The second-order valence-electron chi connectivity index (χ2n) is 9.77. The van der Waals surface area contributed by atoms with Crippen LogP contribution in [-0.4, -0.2) is 20.4 Å². The zero-order valence-corrected chi connectivity index (χ0v) is 27.5. The van der Waals surface area contributed by atoms with E-state index in [0.29, 0.717) is 5.92 Å². The van der Waals surface area contributed by atoms with Gasteiger partial charge in [-0.05, 0) is 80.0 Å². The first-order valence-corrected chi connectivity index (χ1v) is 14.5. The van der Waals surface area contributed by atoms with Crippen LogP contribution in [0.15, 0.2) is 109 Å². The fourth-order valence-electron chi connectivity index (χ4n) is 2.75. The fourth-order valence-corrected chi connectivity index (χ4v) is 2.75. The molecular weight excluding hydrogens is 474 g/mol. The van der Waals surface area contributed by atoms with E-state index in [4.69, 9.17) is 4.79 Å². The van der Waals surface area contributed by atoms with Gasteiger partial charge in [0.2, 0.25) is 0 Å². The molecule has 0 spiro atoms. The number of rotatable bonds is 15. The maximum atomic E-state index is 8.81. The van der Waals surface area contributed by atoms with E-state index in [-0.39, 0.29) is 0 Å². The molecule has 0 radical (unpaired) electrons. The Labute approximate surface area is 244 Å². The predicted octanol–water partition coefficient (Wildman–Crippen LogP) is 11.1. The number of aldehydes is 1. The van der Waals surface area contributed by atoms with Gasteiger partial charge in [-0.1, -0.05) is 149 Å². The first-order chi connectivity index (χ1) is 18.3. The van der Waals surface area contributed by atoms with Gasteiger partial charge in [-0.15, -0.1) is 0 Å². The number of hydrogen-bond donors (Lipinski definition) is 1. The van der Waals surface area contributed by atoms with Gasteiger partial charge >= 0.3 is 0 Å². The van der Waals surface area contributed by atoms with Crippen molar-refractivity contribution in [1.82, 2.24) is 5.32 Å². The molecule has 2 nitrogen and oxygen atoms in total. The van der Waals surface area contributed by atoms with Crippen LogP contribution in [0.3, 0.4) is 0 Å². The summed E-state index contributed by atoms with van der Waals surface area (Å²) in [5.74, 6) is 1.25. The van der Waals surface area contributed by atoms with Crippen LogP contribution in [0.4, 0.5) is 0 Å². The van der Waals surface area contributed by atoms with Gasteiger partial charge in [-0.2, -0.15) is 0 Å². The van der Waals surface area contributed by atoms with Crippen LogP contribution >= 0.6 is 0 Å². The third kappa shape index (κ3) is 26.7. The second-order valence-corrected chi connectivity index (χ2v) is 9.77. The summed E-state index contributed by atoms with van der Waals surface area (Å²) in [6, 6.07) is 0. The molecule has 0 aliphatic rings. The molecule has 2 heteroatoms. The van der Waals surface area contributed by atoms with E-state index in [0.717, 1.165) is 64.1 Å². The maximum absolute atomic E-state index is 8.81. The van der Waals surface area contributed by atoms with Crippen molar-refractivity contribution in [2.45, 2.75) is 93.9 Å². The summed E-state index contributed by atoms with van der Waals surface area (Å²) in [5.41, 5.74) is 6.95. The summed E-state index contributed by atoms with van der Waals surface area (Å²) in [7, 11) is 3.75. The van der Waals surface area contributed by atoms with Gasteiger partial charge < -0.3 is 10.1 Å². The Morgan fingerprint density at radius 1 is 0.744 bits per heavy atom. The highest BCUT2D eigenvalue weighted by Crippen LogP contribution is 2.25. The van der Waals surface area contributed by atoms with Crippen molar-refractivity contribution in [2.24, 2.45) is 11.8 Å². The molecule has 0 heterocycles. The highest BCUT2D eigenvalue weighted by atomic mass is 16.1. The predicted molar refractivity (Wildman–Crippen MR) is 182 cm³/mol. The fraction of sp³-hybridized carbons (Fsp3) is 0.486. The third-order valence-corrected chi connectivity index (χ3v) is 5.81. The summed E-state index contributed by atoms with van der Waals surface area (Å²) in [5, 5.41) is 2.75. The van der Waals surface area contributed by atoms with Gasteiger partial charge in [0.1, 0.15) is 6.29 Å². The Balaban J connectivity index is -0.000000593. The van der Waals surface area contributed by atoms with Crippen LogP contribution in [0.5, 0.6) is 0 Å². The van der Waals surface area contributed by atoms with Gasteiger partial charge in [0.25, 0.3) is 0 Å². The molecule has 39 heavy (non-hydrogen) atoms. The molecule has 0 amide bonds. The molecule has 0 saturated heterocycles. The smallest absolute Gasteiger partial charge is 0.116 e. The molecule has 222 valence electrons. The summed E-state index contributed by atoms with van der Waals surface area (Å²) >= 11 is 0. The molecule has 0 aliphatic heterocycles. The molecule has 0 aliphatic carbocycles. The molecule has 2 atom stereocenters. The third-order valence-electron chi connectivity index (χ3n) is 5.81. The highest BCUT2D eigenvalue weighted by Gasteiger charge is 2.08. The summed E-state index contributed by atoms with van der Waals surface area (Å²) in [4.78, 5) is 8.81. The molecule has 0 rings (SSSR count). The highest BCUT2D eigenvalue weighted by molar-refractivity contribution is 5.54. The minimum atomic E-state index is 0.477. The molecule has 1 N–H and O–H groups in total. The number of carbonyl (C=O) groups excluding carboxylic acids is 1. The van der Waals surface area contributed by atoms with Gasteiger partial charge in [0.05, 0.1) is 0 Å². The van der Waals surface area contributed by atoms with Crippen molar-refractivity contribution < 1.29 is 4.79 Å². The van der Waals surface area contributed by atoms with E-state index in [1.54, 1.807) is 0 Å². The lowest BCUT2D eigenvalue weighted by Crippen LogP contribution is -2.01. The van der Waals surface area contributed by atoms with E-state index in [9.17, 15) is 0 Å². The van der Waals surface area contributed by atoms with E-state index in [1.165, 1.54) is 32.6 Å². The Morgan fingerprint density at radius 3 is 1.62 bits per heavy atom. The van der Waals surface area contributed by atoms with Crippen LogP contribution in [0.25, 0.3) is 0 Å². The van der Waals surface area contributed by atoms with Gasteiger partial charge in [-0.3, -0.25) is 0 Å². The van der Waals surface area contributed by atoms with E-state index < -0.39 is 0 Å². The topological polar surface area (TPSA) is 29.1 Å². The summed E-state index contributed by atoms with van der Waals surface area (Å²) in [6.07, 6.45) is 17.6. The van der Waals surface area contributed by atoms with E-state index in [1.807, 2.05) is 32.3 Å². The zero-order chi connectivity index (χ0) is 31.4. The Kier molecular flexibility index (Phi) is 33.2. The SMILES string of the molecule is C=C(/C=C\C(=C)C(=C)/C=C(/CC)C(=C)C(=C)/C=C\C(=C)C(C)CCC(C)CC)CC.CC=O.CCC.CNC. The van der Waals surface area contributed by atoms with Gasteiger partial charge in [-0.25, -0.2) is 0 Å². The quantitative estimate of drug-likeness (QED) is 0.166. The standard InChI is InChI=1S/C30H44.C3H8.C2H7N.C2H4O/c1-12-22(4)15-17-24(6)25(7)19-20-27(9)29(11)30(14-3)21-28(10)26(8)18-16-23(5)13-2;2*1-3-2;1-2-3/h16,18-22,24H,5,7-15,17H2,1-4,6H3;3H2,1-2H3;3H,1-2H3;2H,1H3/b18-16-,20-19-,30-21-;;;. The monoisotopic (exact) mass is 537 g/mol. The molecule has 0 aromatic carbocycles. The normalized spacial score (nSPS) is 12.0. The molecule has 2 unspecified atom stereocenters. The number of carbonyl (C=O) groups is 1. The summed E-state index contributed by atoms with van der Waals surface area (Å²) < 4.78 is 0. The first-order valence-electron chi connectivity index (χ1n) is 14.5. The Morgan fingerprint density at radius 2 is 1.21 bits per heavy atom.